The largest absolute Gasteiger partial charge is 0.481 e. The van der Waals surface area contributed by atoms with E-state index in [9.17, 15) is 44.3 Å². The quantitative estimate of drug-likeness (QED) is 0.159. The van der Waals surface area contributed by atoms with Crippen molar-refractivity contribution in [2.75, 3.05) is 18.0 Å². The molecule has 1 saturated carbocycles. The molecule has 0 spiro atoms. The van der Waals surface area contributed by atoms with E-state index in [0.717, 1.165) is 42.6 Å². The fraction of sp³-hybridized carbons (Fsp3) is 0.533. The lowest BCUT2D eigenvalue weighted by molar-refractivity contribution is -0.143. The van der Waals surface area contributed by atoms with Crippen LogP contribution in [0, 0.1) is 11.8 Å². The molecule has 258 valence electrons. The number of hydrogen-bond donors (Lipinski definition) is 2. The van der Waals surface area contributed by atoms with E-state index in [-0.39, 0.29) is 42.9 Å². The molecule has 1 heterocycles. The number of carbonyl (C=O) groups is 1. The zero-order valence-electron chi connectivity index (χ0n) is 25.2. The van der Waals surface area contributed by atoms with Gasteiger partial charge in [0.2, 0.25) is 0 Å². The molecule has 1 aliphatic carbocycles. The van der Waals surface area contributed by atoms with Crippen molar-refractivity contribution in [2.24, 2.45) is 18.9 Å². The number of benzene rings is 2. The summed E-state index contributed by atoms with van der Waals surface area (Å²) >= 11 is 0. The molecule has 2 aromatic carbocycles. The van der Waals surface area contributed by atoms with Crippen LogP contribution in [0.4, 0.5) is 45.5 Å². The number of aromatic nitrogens is 4. The Balaban J connectivity index is 1.56. The zero-order valence-corrected chi connectivity index (χ0v) is 25.2. The van der Waals surface area contributed by atoms with E-state index in [0.29, 0.717) is 36.7 Å². The first kappa shape index (κ1) is 36.0. The first-order valence-corrected chi connectivity index (χ1v) is 14.8. The first-order chi connectivity index (χ1) is 21.9. The summed E-state index contributed by atoms with van der Waals surface area (Å²) < 4.78 is 122. The van der Waals surface area contributed by atoms with E-state index in [1.165, 1.54) is 18.0 Å². The lowest BCUT2D eigenvalue weighted by atomic mass is 9.80. The maximum absolute atomic E-state index is 13.7. The van der Waals surface area contributed by atoms with Gasteiger partial charge in [0.05, 0.1) is 23.7 Å². The van der Waals surface area contributed by atoms with Crippen LogP contribution >= 0.6 is 0 Å². The van der Waals surface area contributed by atoms with Gasteiger partial charge in [-0.25, -0.2) is 0 Å². The number of rotatable bonds is 12. The highest BCUT2D eigenvalue weighted by atomic mass is 19.4. The van der Waals surface area contributed by atoms with Gasteiger partial charge in [-0.2, -0.15) is 44.3 Å². The van der Waals surface area contributed by atoms with Crippen LogP contribution in [0.15, 0.2) is 36.4 Å². The van der Waals surface area contributed by atoms with Crippen molar-refractivity contribution < 1.29 is 49.4 Å². The summed E-state index contributed by atoms with van der Waals surface area (Å²) in [6, 6.07) is 4.19. The second-order valence-electron chi connectivity index (χ2n) is 11.8. The van der Waals surface area contributed by atoms with Gasteiger partial charge in [0.1, 0.15) is 0 Å². The van der Waals surface area contributed by atoms with Crippen LogP contribution in [0.25, 0.3) is 0 Å². The Morgan fingerprint density at radius 1 is 0.851 bits per heavy atom. The van der Waals surface area contributed by atoms with Crippen LogP contribution in [-0.4, -0.2) is 44.4 Å². The molecule has 3 aromatic rings. The molecular weight excluding hydrogens is 647 g/mol. The highest BCUT2D eigenvalue weighted by Gasteiger charge is 2.37. The number of hydrogen-bond acceptors (Lipinski definition) is 6. The Kier molecular flexibility index (Phi) is 11.1. The molecule has 1 aliphatic rings. The van der Waals surface area contributed by atoms with Gasteiger partial charge in [-0.1, -0.05) is 11.2 Å². The van der Waals surface area contributed by atoms with Crippen LogP contribution < -0.4 is 10.2 Å². The average Bonchev–Trinajstić information content (AvgIpc) is 3.40. The summed E-state index contributed by atoms with van der Waals surface area (Å²) in [6.45, 7) is 0.0230. The molecule has 1 aromatic heterocycles. The third-order valence-corrected chi connectivity index (χ3v) is 8.13. The first-order valence-electron chi connectivity index (χ1n) is 14.8. The van der Waals surface area contributed by atoms with E-state index in [4.69, 9.17) is 5.11 Å². The molecule has 4 rings (SSSR count). The molecule has 2 N–H and O–H groups in total. The number of carboxylic acids is 1. The Bertz CT molecular complexity index is 1480. The van der Waals surface area contributed by atoms with Gasteiger partial charge in [0.15, 0.2) is 0 Å². The van der Waals surface area contributed by atoms with Gasteiger partial charge in [0, 0.05) is 19.5 Å². The number of aliphatic carboxylic acids is 1. The van der Waals surface area contributed by atoms with Crippen LogP contribution in [0.2, 0.25) is 0 Å². The molecule has 17 heteroatoms. The lowest BCUT2D eigenvalue weighted by Crippen LogP contribution is -2.29. The lowest BCUT2D eigenvalue weighted by Gasteiger charge is -2.28. The number of tetrazole rings is 1. The maximum Gasteiger partial charge on any atom is 0.416 e. The number of nitrogens with one attached hydrogen (secondary N) is 1. The summed E-state index contributed by atoms with van der Waals surface area (Å²) in [7, 11) is 1.38. The Morgan fingerprint density at radius 2 is 1.45 bits per heavy atom. The fourth-order valence-corrected chi connectivity index (χ4v) is 5.74. The van der Waals surface area contributed by atoms with E-state index in [1.54, 1.807) is 0 Å². The van der Waals surface area contributed by atoms with Crippen LogP contribution in [-0.2, 0) is 49.9 Å². The number of nitrogens with zero attached hydrogens (tertiary/aromatic N) is 5. The maximum atomic E-state index is 13.7. The molecule has 8 nitrogen and oxygen atoms in total. The topological polar surface area (TPSA) is 96.2 Å². The third-order valence-electron chi connectivity index (χ3n) is 8.13. The van der Waals surface area contributed by atoms with Crippen molar-refractivity contribution in [3.05, 3.63) is 69.8 Å². The number of anilines is 1. The number of aryl methyl sites for hydroxylation is 1. The molecule has 0 amide bonds. The minimum atomic E-state index is -5.09. The predicted molar refractivity (Wildman–Crippen MR) is 151 cm³/mol. The second kappa shape index (κ2) is 14.5. The number of halogens is 9. The van der Waals surface area contributed by atoms with Crippen molar-refractivity contribution in [1.29, 1.82) is 0 Å². The van der Waals surface area contributed by atoms with Crippen molar-refractivity contribution in [1.82, 2.24) is 25.5 Å². The Morgan fingerprint density at radius 3 is 1.98 bits per heavy atom. The molecule has 0 aliphatic heterocycles. The molecule has 0 unspecified atom stereocenters. The fourth-order valence-electron chi connectivity index (χ4n) is 5.74. The molecular formula is C30H33F9N6O2. The Labute approximate surface area is 263 Å². The molecule has 0 radical (unpaired) electrons. The van der Waals surface area contributed by atoms with Crippen molar-refractivity contribution in [3.8, 4) is 0 Å². The van der Waals surface area contributed by atoms with Crippen LogP contribution in [0.3, 0.4) is 0 Å². The second-order valence-corrected chi connectivity index (χ2v) is 11.8. The van der Waals surface area contributed by atoms with Crippen molar-refractivity contribution in [3.63, 3.8) is 0 Å². The highest BCUT2D eigenvalue weighted by molar-refractivity contribution is 5.67. The number of carboxylic acid groups (broad SMARTS) is 1. The normalized spacial score (nSPS) is 17.6. The molecule has 1 fully saturated rings. The highest BCUT2D eigenvalue weighted by Crippen LogP contribution is 2.37. The zero-order chi connectivity index (χ0) is 34.6. The number of alkyl halides is 9. The van der Waals surface area contributed by atoms with Gasteiger partial charge < -0.3 is 15.3 Å². The summed E-state index contributed by atoms with van der Waals surface area (Å²) in [5.41, 5.74) is -3.84. The minimum absolute atomic E-state index is 0.00592. The van der Waals surface area contributed by atoms with Gasteiger partial charge in [0.25, 0.3) is 5.95 Å². The summed E-state index contributed by atoms with van der Waals surface area (Å²) in [4.78, 5) is 13.1. The van der Waals surface area contributed by atoms with E-state index in [2.05, 4.69) is 20.7 Å². The predicted octanol–water partition coefficient (Wildman–Crippen LogP) is 6.89. The summed E-state index contributed by atoms with van der Waals surface area (Å²) in [5, 5.41) is 23.8. The minimum Gasteiger partial charge on any atom is -0.481 e. The smallest absolute Gasteiger partial charge is 0.416 e. The average molecular weight is 681 g/mol. The Hall–Kier alpha value is -3.89. The van der Waals surface area contributed by atoms with E-state index < -0.39 is 53.3 Å². The van der Waals surface area contributed by atoms with Gasteiger partial charge in [-0.3, -0.25) is 4.79 Å². The van der Waals surface area contributed by atoms with Crippen LogP contribution in [0.1, 0.15) is 65.5 Å². The van der Waals surface area contributed by atoms with Crippen molar-refractivity contribution >= 4 is 11.9 Å². The van der Waals surface area contributed by atoms with Gasteiger partial charge in [-0.05, 0) is 109 Å². The summed E-state index contributed by atoms with van der Waals surface area (Å²) in [6.07, 6.45) is -11.2. The van der Waals surface area contributed by atoms with Crippen LogP contribution in [0.5, 0.6) is 0 Å². The SMILES string of the molecule is Cn1nnc(N(Cc2cc(C(F)(F)F)cc(C(F)(F)F)c2)Cc2cc(C(F)(F)F)ccc2CCNC[C@H]2CC[C@H](CC(=O)O)CC2)n1. The molecule has 0 saturated heterocycles. The molecule has 0 bridgehead atoms. The van der Waals surface area contributed by atoms with Gasteiger partial charge >= 0.3 is 24.5 Å². The molecule has 0 atom stereocenters. The van der Waals surface area contributed by atoms with E-state index >= 15 is 0 Å². The summed E-state index contributed by atoms with van der Waals surface area (Å²) in [5.74, 6) is -0.576. The van der Waals surface area contributed by atoms with Crippen molar-refractivity contribution in [2.45, 2.75) is 70.1 Å². The molecule has 47 heavy (non-hydrogen) atoms. The third kappa shape index (κ3) is 10.3. The van der Waals surface area contributed by atoms with E-state index in [1.807, 2.05) is 0 Å². The standard InChI is InChI=1S/C30H33F9N6O2/c1-44-42-27(41-43-44)45(16-20-10-24(29(34,35)36)14-25(11-20)30(37,38)39)17-22-13-23(28(31,32)33)7-6-21(22)8-9-40-15-19-4-2-18(3-5-19)12-26(46)47/h6-7,10-11,13-14,18-19,40H,2-5,8-9,12,15-17H2,1H3,(H,46,47)/t18-,19-. The van der Waals surface area contributed by atoms with Gasteiger partial charge in [-0.15, -0.1) is 5.10 Å². The monoisotopic (exact) mass is 680 g/mol.